The Hall–Kier alpha value is -1.81. The van der Waals surface area contributed by atoms with Gasteiger partial charge in [0, 0.05) is 17.8 Å². The lowest BCUT2D eigenvalue weighted by atomic mass is 9.44. The van der Waals surface area contributed by atoms with Crippen LogP contribution in [0.3, 0.4) is 0 Å². The normalized spacial score (nSPS) is 45.2. The molecule has 0 aromatic rings. The lowest BCUT2D eigenvalue weighted by Crippen LogP contribution is -2.60. The number of esters is 1. The number of ketones is 1. The summed E-state index contributed by atoms with van der Waals surface area (Å²) in [7, 11) is 0. The fourth-order valence-corrected chi connectivity index (χ4v) is 6.82. The van der Waals surface area contributed by atoms with Gasteiger partial charge in [-0.2, -0.15) is 0 Å². The first-order chi connectivity index (χ1) is 13.1. The number of ether oxygens (including phenoxy) is 1. The SMILES string of the molecule is C=C[C@@]1(C)C[C@H](C)[C@]23CCC(=O)[C@H]2[C@@](C)([C@H](C)CC3)[C@H](OC(=O)CN=[N+]=N)C1. The van der Waals surface area contributed by atoms with Gasteiger partial charge in [-0.25, -0.2) is 4.79 Å². The van der Waals surface area contributed by atoms with Gasteiger partial charge in [0.05, 0.1) is 0 Å². The number of allylic oxidation sites excluding steroid dienone is 1. The molecule has 0 radical (unpaired) electrons. The van der Waals surface area contributed by atoms with E-state index in [0.717, 1.165) is 25.7 Å². The highest BCUT2D eigenvalue weighted by molar-refractivity contribution is 5.85. The van der Waals surface area contributed by atoms with E-state index in [1.54, 1.807) is 0 Å². The van der Waals surface area contributed by atoms with Gasteiger partial charge in [-0.3, -0.25) is 4.79 Å². The topological polar surface area (TPSA) is 93.7 Å². The molecule has 3 rings (SSSR count). The van der Waals surface area contributed by atoms with E-state index in [9.17, 15) is 9.59 Å². The summed E-state index contributed by atoms with van der Waals surface area (Å²) in [5.41, 5.74) is 6.22. The molecule has 0 amide bonds. The highest BCUT2D eigenvalue weighted by Crippen LogP contribution is 2.67. The summed E-state index contributed by atoms with van der Waals surface area (Å²) >= 11 is 0. The number of carbonyl (C=O) groups excluding carboxylic acids is 2. The molecule has 3 aliphatic carbocycles. The van der Waals surface area contributed by atoms with Crippen molar-refractivity contribution in [2.24, 2.45) is 39.1 Å². The Morgan fingerprint density at radius 3 is 2.68 bits per heavy atom. The van der Waals surface area contributed by atoms with Crippen LogP contribution >= 0.6 is 0 Å². The summed E-state index contributed by atoms with van der Waals surface area (Å²) in [5.74, 6) is 0.505. The summed E-state index contributed by atoms with van der Waals surface area (Å²) in [4.78, 5) is 28.6. The van der Waals surface area contributed by atoms with Gasteiger partial charge in [-0.15, -0.1) is 6.58 Å². The molecule has 0 heterocycles. The van der Waals surface area contributed by atoms with Crippen molar-refractivity contribution >= 4 is 11.8 Å². The van der Waals surface area contributed by atoms with Gasteiger partial charge >= 0.3 is 5.97 Å². The van der Waals surface area contributed by atoms with Crippen LogP contribution in [0.1, 0.15) is 66.2 Å². The summed E-state index contributed by atoms with van der Waals surface area (Å²) in [6.45, 7) is 12.7. The van der Waals surface area contributed by atoms with Crippen LogP contribution < -0.4 is 4.91 Å². The maximum Gasteiger partial charge on any atom is 0.335 e. The van der Waals surface area contributed by atoms with Crippen molar-refractivity contribution in [3.8, 4) is 0 Å². The molecule has 0 aliphatic heterocycles. The molecule has 0 unspecified atom stereocenters. The molecule has 0 spiro atoms. The maximum atomic E-state index is 13.2. The van der Waals surface area contributed by atoms with Crippen LogP contribution in [0.2, 0.25) is 0 Å². The predicted molar refractivity (Wildman–Crippen MR) is 105 cm³/mol. The molecular weight excluding hydrogens is 354 g/mol. The van der Waals surface area contributed by atoms with Gasteiger partial charge in [0.2, 0.25) is 11.5 Å². The molecule has 3 saturated carbocycles. The van der Waals surface area contributed by atoms with Crippen LogP contribution in [0, 0.1) is 39.5 Å². The van der Waals surface area contributed by atoms with E-state index in [4.69, 9.17) is 10.3 Å². The van der Waals surface area contributed by atoms with Crippen molar-refractivity contribution < 1.29 is 14.3 Å². The first-order valence-electron chi connectivity index (χ1n) is 10.5. The predicted octanol–water partition coefficient (Wildman–Crippen LogP) is 4.47. The second-order valence-corrected chi connectivity index (χ2v) is 9.98. The Kier molecular flexibility index (Phi) is 5.39. The minimum absolute atomic E-state index is 0.00538. The molecule has 0 aromatic carbocycles. The van der Waals surface area contributed by atoms with E-state index in [0.29, 0.717) is 24.5 Å². The quantitative estimate of drug-likeness (QED) is 0.333. The van der Waals surface area contributed by atoms with Gasteiger partial charge in [0.1, 0.15) is 22.5 Å². The largest absolute Gasteiger partial charge is 0.460 e. The van der Waals surface area contributed by atoms with E-state index < -0.39 is 11.4 Å². The Morgan fingerprint density at radius 2 is 2.04 bits per heavy atom. The highest BCUT2D eigenvalue weighted by atomic mass is 16.5. The van der Waals surface area contributed by atoms with Crippen molar-refractivity contribution in [1.29, 1.82) is 5.53 Å². The average molecular weight is 389 g/mol. The number of nitrogens with one attached hydrogen (secondary N) is 1. The molecule has 7 atom stereocenters. The zero-order chi connectivity index (χ0) is 20.7. The van der Waals surface area contributed by atoms with Crippen LogP contribution in [-0.2, 0) is 14.3 Å². The molecule has 0 aromatic heterocycles. The van der Waals surface area contributed by atoms with Crippen molar-refractivity contribution in [3.05, 3.63) is 12.7 Å². The van der Waals surface area contributed by atoms with Gasteiger partial charge < -0.3 is 4.74 Å². The molecule has 0 saturated heterocycles. The zero-order valence-corrected chi connectivity index (χ0v) is 17.7. The van der Waals surface area contributed by atoms with E-state index in [2.05, 4.69) is 44.3 Å². The smallest absolute Gasteiger partial charge is 0.335 e. The van der Waals surface area contributed by atoms with Crippen molar-refractivity contribution in [1.82, 2.24) is 4.91 Å². The van der Waals surface area contributed by atoms with Crippen LogP contribution in [0.5, 0.6) is 0 Å². The molecule has 28 heavy (non-hydrogen) atoms. The fourth-order valence-electron chi connectivity index (χ4n) is 6.82. The van der Waals surface area contributed by atoms with Crippen LogP contribution in [0.4, 0.5) is 0 Å². The minimum Gasteiger partial charge on any atom is -0.460 e. The van der Waals surface area contributed by atoms with Gasteiger partial charge in [0.15, 0.2) is 0 Å². The second kappa shape index (κ2) is 7.22. The molecule has 6 nitrogen and oxygen atoms in total. The first-order valence-corrected chi connectivity index (χ1v) is 10.5. The second-order valence-electron chi connectivity index (χ2n) is 9.98. The third kappa shape index (κ3) is 3.06. The van der Waals surface area contributed by atoms with E-state index in [1.165, 1.54) is 0 Å². The molecular formula is C22H34N3O3+. The van der Waals surface area contributed by atoms with Gasteiger partial charge in [-0.05, 0) is 54.8 Å². The van der Waals surface area contributed by atoms with Crippen LogP contribution in [0.15, 0.2) is 17.8 Å². The number of rotatable bonds is 4. The van der Waals surface area contributed by atoms with Crippen molar-refractivity contribution in [2.75, 3.05) is 6.54 Å². The van der Waals surface area contributed by atoms with Crippen LogP contribution in [0.25, 0.3) is 0 Å². The third-order valence-electron chi connectivity index (χ3n) is 8.60. The van der Waals surface area contributed by atoms with Gasteiger partial charge in [0.25, 0.3) is 0 Å². The Labute approximate surface area is 167 Å². The third-order valence-corrected chi connectivity index (χ3v) is 8.60. The molecule has 2 bridgehead atoms. The average Bonchev–Trinajstić information content (AvgIpc) is 3.00. The van der Waals surface area contributed by atoms with E-state index in [-0.39, 0.29) is 35.3 Å². The zero-order valence-electron chi connectivity index (χ0n) is 17.7. The molecule has 3 aliphatic rings. The summed E-state index contributed by atoms with van der Waals surface area (Å²) < 4.78 is 6.00. The Bertz CT molecular complexity index is 731. The van der Waals surface area contributed by atoms with Crippen molar-refractivity contribution in [2.45, 2.75) is 72.3 Å². The summed E-state index contributed by atoms with van der Waals surface area (Å²) in [6, 6.07) is 0. The number of carbonyl (C=O) groups is 2. The molecule has 1 N–H and O–H groups in total. The van der Waals surface area contributed by atoms with Crippen LogP contribution in [-0.4, -0.2) is 24.4 Å². The van der Waals surface area contributed by atoms with E-state index >= 15 is 0 Å². The Morgan fingerprint density at radius 1 is 1.32 bits per heavy atom. The Balaban J connectivity index is 2.11. The lowest BCUT2D eigenvalue weighted by molar-refractivity contribution is -0.191. The summed E-state index contributed by atoms with van der Waals surface area (Å²) in [6.07, 6.45) is 6.94. The first kappa shape index (κ1) is 20.9. The standard InChI is InChI=1S/C22H34N3O3/c1-6-20(4)11-15(3)22-9-7-14(2)21(5,19(22)16(26)8-10-22)17(12-20)28-18(27)13-24-25-23/h6,14-15,17,19,23H,1,7-13H2,2-5H3/q+1/t14-,15+,17-,19+,20+,21+,22+/m1/s1. The van der Waals surface area contributed by atoms with E-state index in [1.807, 2.05) is 6.08 Å². The number of hydrogen-bond acceptors (Lipinski definition) is 5. The minimum atomic E-state index is -0.476. The lowest BCUT2D eigenvalue weighted by Gasteiger charge is -2.60. The monoisotopic (exact) mass is 388 g/mol. The highest BCUT2D eigenvalue weighted by Gasteiger charge is 2.66. The number of hydrogen-bond donors (Lipinski definition) is 1. The molecule has 154 valence electrons. The van der Waals surface area contributed by atoms with Gasteiger partial charge in [-0.1, -0.05) is 33.8 Å². The maximum absolute atomic E-state index is 13.2. The molecule has 3 fully saturated rings. The fraction of sp³-hybridized carbons (Fsp3) is 0.818. The number of nitrogens with zero attached hydrogens (tertiary/aromatic N) is 2. The van der Waals surface area contributed by atoms with Crippen molar-refractivity contribution in [3.63, 3.8) is 0 Å². The number of Topliss-reactive ketones (excluding diaryl/α,β-unsaturated/α-hetero) is 1. The molecule has 6 heteroatoms. The summed E-state index contributed by atoms with van der Waals surface area (Å²) in [5, 5.41) is 3.48.